The van der Waals surface area contributed by atoms with Crippen LogP contribution in [0.15, 0.2) is 72.8 Å². The lowest BCUT2D eigenvalue weighted by Gasteiger charge is -2.48. The maximum absolute atomic E-state index is 13.6. The summed E-state index contributed by atoms with van der Waals surface area (Å²) < 4.78 is 34.4. The number of methoxy groups -OCH3 is 3. The van der Waals surface area contributed by atoms with Crippen molar-refractivity contribution in [2.75, 3.05) is 54.4 Å². The number of nitrogens with zero attached hydrogens (tertiary/aromatic N) is 2. The third-order valence-corrected chi connectivity index (χ3v) is 8.81. The van der Waals surface area contributed by atoms with Crippen molar-refractivity contribution >= 4 is 6.09 Å². The van der Waals surface area contributed by atoms with Gasteiger partial charge in [-0.15, -0.1) is 0 Å². The fraction of sp³-hybridized carbons (Fsp3) is 0.525. The Morgan fingerprint density at radius 1 is 0.900 bits per heavy atom. The van der Waals surface area contributed by atoms with Crippen molar-refractivity contribution < 1.29 is 38.3 Å². The molecule has 4 atom stereocenters. The van der Waals surface area contributed by atoms with Crippen LogP contribution in [0, 0.1) is 5.92 Å². The van der Waals surface area contributed by atoms with Gasteiger partial charge in [0.15, 0.2) is 0 Å². The van der Waals surface area contributed by atoms with Crippen molar-refractivity contribution in [1.82, 2.24) is 9.80 Å². The van der Waals surface area contributed by atoms with Crippen molar-refractivity contribution in [2.24, 2.45) is 5.92 Å². The van der Waals surface area contributed by atoms with Gasteiger partial charge in [0.2, 0.25) is 0 Å². The molecular formula is C40H56N2O8. The van der Waals surface area contributed by atoms with Crippen LogP contribution in [-0.4, -0.2) is 99.4 Å². The number of amides is 1. The standard InChI is InChI=1S/C40H56N2O8/c1-28(2)42(24-29-20-33(47-8)23-34(21-29)48-19-13-18-45-6)38(43)35-25-41(39(44)50-40(3,4)5)26-36(49-27-46-7)37(35)32-17-12-16-31(22-32)30-14-10-9-11-15-30/h9-12,14-17,20-23,28,35-38,43H,13,18-19,24-27H2,1-8H3/t35?,36?,37-,38?/m1/s1. The number of aliphatic hydroxyl groups is 1. The number of piperidine rings is 1. The summed E-state index contributed by atoms with van der Waals surface area (Å²) >= 11 is 0. The number of hydrogen-bond acceptors (Lipinski definition) is 9. The van der Waals surface area contributed by atoms with Gasteiger partial charge in [0.25, 0.3) is 0 Å². The zero-order chi connectivity index (χ0) is 36.3. The topological polar surface area (TPSA) is 99.2 Å². The minimum absolute atomic E-state index is 0.0371. The SMILES string of the molecule is COCCCOc1cc(CN(C(C)C)C(O)C2CN(C(=O)OC(C)(C)C)CC(OCOC)[C@@H]2c2cccc(-c3ccccc3)c2)cc(OC)c1. The van der Waals surface area contributed by atoms with E-state index in [4.69, 9.17) is 28.4 Å². The van der Waals surface area contributed by atoms with Crippen LogP contribution < -0.4 is 9.47 Å². The molecule has 1 saturated heterocycles. The average molecular weight is 693 g/mol. The highest BCUT2D eigenvalue weighted by atomic mass is 16.7. The van der Waals surface area contributed by atoms with E-state index in [9.17, 15) is 9.90 Å². The number of carbonyl (C=O) groups excluding carboxylic acids is 1. The Hall–Kier alpha value is -3.67. The fourth-order valence-corrected chi connectivity index (χ4v) is 6.49. The quantitative estimate of drug-likeness (QED) is 0.126. The van der Waals surface area contributed by atoms with Gasteiger partial charge in [-0.25, -0.2) is 4.79 Å². The number of ether oxygens (including phenoxy) is 6. The molecule has 1 fully saturated rings. The molecule has 0 spiro atoms. The first-order chi connectivity index (χ1) is 23.9. The average Bonchev–Trinajstić information content (AvgIpc) is 3.10. The molecule has 1 aliphatic rings. The van der Waals surface area contributed by atoms with E-state index in [0.29, 0.717) is 31.3 Å². The molecule has 3 unspecified atom stereocenters. The normalized spacial score (nSPS) is 18.7. The van der Waals surface area contributed by atoms with Gasteiger partial charge in [0, 0.05) is 64.3 Å². The number of rotatable bonds is 16. The summed E-state index contributed by atoms with van der Waals surface area (Å²) in [5.41, 5.74) is 3.40. The van der Waals surface area contributed by atoms with Crippen molar-refractivity contribution in [3.05, 3.63) is 83.9 Å². The molecule has 1 heterocycles. The molecule has 3 aromatic carbocycles. The van der Waals surface area contributed by atoms with Crippen LogP contribution in [0.25, 0.3) is 11.1 Å². The first-order valence-electron chi connectivity index (χ1n) is 17.4. The van der Waals surface area contributed by atoms with Crippen LogP contribution in [0.5, 0.6) is 11.5 Å². The molecule has 274 valence electrons. The second kappa shape index (κ2) is 18.5. The van der Waals surface area contributed by atoms with E-state index < -0.39 is 29.9 Å². The Morgan fingerprint density at radius 2 is 1.62 bits per heavy atom. The molecule has 1 N–H and O–H groups in total. The third kappa shape index (κ3) is 10.9. The summed E-state index contributed by atoms with van der Waals surface area (Å²) in [7, 11) is 4.88. The molecule has 0 aliphatic carbocycles. The number of likely N-dealkylation sites (tertiary alicyclic amines) is 1. The smallest absolute Gasteiger partial charge is 0.410 e. The monoisotopic (exact) mass is 692 g/mol. The van der Waals surface area contributed by atoms with E-state index in [0.717, 1.165) is 28.7 Å². The minimum atomic E-state index is -0.975. The predicted molar refractivity (Wildman–Crippen MR) is 194 cm³/mol. The second-order valence-corrected chi connectivity index (χ2v) is 14.1. The Morgan fingerprint density at radius 3 is 2.28 bits per heavy atom. The van der Waals surface area contributed by atoms with E-state index in [1.807, 2.05) is 68.1 Å². The summed E-state index contributed by atoms with van der Waals surface area (Å²) in [6.45, 7) is 11.8. The number of aliphatic hydroxyl groups excluding tert-OH is 1. The molecule has 1 aliphatic heterocycles. The third-order valence-electron chi connectivity index (χ3n) is 8.81. The van der Waals surface area contributed by atoms with Crippen LogP contribution in [0.1, 0.15) is 58.1 Å². The van der Waals surface area contributed by atoms with E-state index in [2.05, 4.69) is 44.2 Å². The molecular weight excluding hydrogens is 636 g/mol. The molecule has 0 aromatic heterocycles. The highest BCUT2D eigenvalue weighted by molar-refractivity contribution is 5.69. The van der Waals surface area contributed by atoms with Crippen molar-refractivity contribution in [2.45, 2.75) is 77.5 Å². The summed E-state index contributed by atoms with van der Waals surface area (Å²) in [5, 5.41) is 12.5. The van der Waals surface area contributed by atoms with E-state index >= 15 is 0 Å². The maximum Gasteiger partial charge on any atom is 0.410 e. The van der Waals surface area contributed by atoms with Crippen molar-refractivity contribution in [3.63, 3.8) is 0 Å². The Labute approximate surface area is 298 Å². The molecule has 50 heavy (non-hydrogen) atoms. The van der Waals surface area contributed by atoms with Crippen molar-refractivity contribution in [1.29, 1.82) is 0 Å². The number of carbonyl (C=O) groups is 1. The van der Waals surface area contributed by atoms with E-state index in [-0.39, 0.29) is 31.8 Å². The molecule has 0 radical (unpaired) electrons. The van der Waals surface area contributed by atoms with Crippen LogP contribution in [-0.2, 0) is 25.5 Å². The molecule has 10 heteroatoms. The van der Waals surface area contributed by atoms with Gasteiger partial charge >= 0.3 is 6.09 Å². The largest absolute Gasteiger partial charge is 0.497 e. The first-order valence-corrected chi connectivity index (χ1v) is 17.4. The lowest BCUT2D eigenvalue weighted by Crippen LogP contribution is -2.58. The molecule has 4 rings (SSSR count). The molecule has 0 saturated carbocycles. The van der Waals surface area contributed by atoms with Gasteiger partial charge in [-0.1, -0.05) is 54.6 Å². The van der Waals surface area contributed by atoms with E-state index in [1.54, 1.807) is 26.2 Å². The fourth-order valence-electron chi connectivity index (χ4n) is 6.49. The summed E-state index contributed by atoms with van der Waals surface area (Å²) in [6, 6.07) is 24.3. The highest BCUT2D eigenvalue weighted by Crippen LogP contribution is 2.40. The van der Waals surface area contributed by atoms with Gasteiger partial charge in [0.1, 0.15) is 30.1 Å². The van der Waals surface area contributed by atoms with Gasteiger partial charge < -0.3 is 38.4 Å². The summed E-state index contributed by atoms with van der Waals surface area (Å²) in [6.07, 6.45) is -1.15. The molecule has 1 amide bonds. The Bertz CT molecular complexity index is 1480. The van der Waals surface area contributed by atoms with Crippen LogP contribution in [0.3, 0.4) is 0 Å². The van der Waals surface area contributed by atoms with Crippen molar-refractivity contribution in [3.8, 4) is 22.6 Å². The minimum Gasteiger partial charge on any atom is -0.497 e. The lowest BCUT2D eigenvalue weighted by molar-refractivity contribution is -0.144. The number of hydrogen-bond donors (Lipinski definition) is 1. The van der Waals surface area contributed by atoms with Crippen LogP contribution in [0.2, 0.25) is 0 Å². The number of benzene rings is 3. The Balaban J connectivity index is 1.75. The highest BCUT2D eigenvalue weighted by Gasteiger charge is 2.46. The lowest BCUT2D eigenvalue weighted by atomic mass is 9.76. The van der Waals surface area contributed by atoms with E-state index in [1.165, 1.54) is 0 Å². The maximum atomic E-state index is 13.6. The Kier molecular flexibility index (Phi) is 14.5. The van der Waals surface area contributed by atoms with Gasteiger partial charge in [0.05, 0.1) is 26.4 Å². The van der Waals surface area contributed by atoms with Crippen LogP contribution in [0.4, 0.5) is 4.79 Å². The zero-order valence-electron chi connectivity index (χ0n) is 31.0. The molecule has 10 nitrogen and oxygen atoms in total. The summed E-state index contributed by atoms with van der Waals surface area (Å²) in [5.74, 6) is 0.613. The zero-order valence-corrected chi connectivity index (χ0v) is 31.0. The first kappa shape index (κ1) is 39.1. The second-order valence-electron chi connectivity index (χ2n) is 14.1. The van der Waals surface area contributed by atoms with Gasteiger partial charge in [-0.05, 0) is 69.0 Å². The summed E-state index contributed by atoms with van der Waals surface area (Å²) in [4.78, 5) is 17.3. The van der Waals surface area contributed by atoms with Crippen LogP contribution >= 0.6 is 0 Å². The van der Waals surface area contributed by atoms with Gasteiger partial charge in [-0.2, -0.15) is 0 Å². The predicted octanol–water partition coefficient (Wildman–Crippen LogP) is 6.95. The molecule has 0 bridgehead atoms. The van der Waals surface area contributed by atoms with Gasteiger partial charge in [-0.3, -0.25) is 4.90 Å². The molecule has 3 aromatic rings.